The Morgan fingerprint density at radius 2 is 1.96 bits per heavy atom. The number of thioether (sulfide) groups is 1. The molecule has 0 spiro atoms. The van der Waals surface area contributed by atoms with Crippen LogP contribution in [0.15, 0.2) is 71.9 Å². The second kappa shape index (κ2) is 8.84. The molecule has 28 heavy (non-hydrogen) atoms. The van der Waals surface area contributed by atoms with Crippen molar-refractivity contribution in [3.05, 3.63) is 94.5 Å². The van der Waals surface area contributed by atoms with Gasteiger partial charge in [0.2, 0.25) is 5.90 Å². The summed E-state index contributed by atoms with van der Waals surface area (Å²) < 4.78 is 21.9. The predicted molar refractivity (Wildman–Crippen MR) is 114 cm³/mol. The molecule has 4 rings (SSSR count). The highest BCUT2D eigenvalue weighted by atomic mass is 35.5. The predicted octanol–water partition coefficient (Wildman–Crippen LogP) is 5.41. The van der Waals surface area contributed by atoms with Gasteiger partial charge in [-0.05, 0) is 29.8 Å². The lowest BCUT2D eigenvalue weighted by Crippen LogP contribution is -2.11. The smallest absolute Gasteiger partial charge is 0.233 e. The normalized spacial score (nSPS) is 16.1. The van der Waals surface area contributed by atoms with E-state index in [1.165, 1.54) is 11.6 Å². The standard InChI is InChI=1S/C22H20ClFN2OS/c23-19-8-4-9-20(24)18(19)12-26-11-5-10-21(26)22-25-17(13-27-22)15-28-14-16-6-2-1-3-7-16/h1-11,17H,12-15H2/t17-/m0/s1. The van der Waals surface area contributed by atoms with Gasteiger partial charge in [-0.2, -0.15) is 11.8 Å². The van der Waals surface area contributed by atoms with E-state index < -0.39 is 0 Å². The molecule has 6 heteroatoms. The molecule has 0 radical (unpaired) electrons. The van der Waals surface area contributed by atoms with Crippen LogP contribution in [0.3, 0.4) is 0 Å². The molecule has 144 valence electrons. The Kier molecular flexibility index (Phi) is 6.03. The average Bonchev–Trinajstić information content (AvgIpc) is 3.35. The van der Waals surface area contributed by atoms with Crippen molar-refractivity contribution in [1.29, 1.82) is 0 Å². The van der Waals surface area contributed by atoms with E-state index in [1.807, 2.05) is 40.7 Å². The molecule has 2 heterocycles. The van der Waals surface area contributed by atoms with Gasteiger partial charge in [0, 0.05) is 28.3 Å². The van der Waals surface area contributed by atoms with Crippen LogP contribution in [-0.2, 0) is 17.0 Å². The summed E-state index contributed by atoms with van der Waals surface area (Å²) in [5.41, 5.74) is 2.62. The number of hydrogen-bond donors (Lipinski definition) is 0. The van der Waals surface area contributed by atoms with Crippen LogP contribution in [0.25, 0.3) is 0 Å². The summed E-state index contributed by atoms with van der Waals surface area (Å²) in [7, 11) is 0. The van der Waals surface area contributed by atoms with Gasteiger partial charge in [-0.15, -0.1) is 0 Å². The number of benzene rings is 2. The van der Waals surface area contributed by atoms with E-state index in [4.69, 9.17) is 21.3 Å². The van der Waals surface area contributed by atoms with E-state index in [9.17, 15) is 4.39 Å². The molecular formula is C22H20ClFN2OS. The van der Waals surface area contributed by atoms with Crippen LogP contribution in [-0.4, -0.2) is 28.9 Å². The Morgan fingerprint density at radius 1 is 1.11 bits per heavy atom. The van der Waals surface area contributed by atoms with Crippen molar-refractivity contribution in [2.75, 3.05) is 12.4 Å². The Labute approximate surface area is 173 Å². The van der Waals surface area contributed by atoms with Crippen LogP contribution in [0, 0.1) is 5.82 Å². The summed E-state index contributed by atoms with van der Waals surface area (Å²) in [6, 6.07) is 19.1. The molecule has 1 aliphatic rings. The lowest BCUT2D eigenvalue weighted by atomic mass is 10.2. The maximum Gasteiger partial charge on any atom is 0.233 e. The summed E-state index contributed by atoms with van der Waals surface area (Å²) in [6.45, 7) is 0.909. The summed E-state index contributed by atoms with van der Waals surface area (Å²) in [6.07, 6.45) is 1.89. The van der Waals surface area contributed by atoms with E-state index in [-0.39, 0.29) is 11.9 Å². The van der Waals surface area contributed by atoms with Gasteiger partial charge in [0.1, 0.15) is 18.1 Å². The van der Waals surface area contributed by atoms with Gasteiger partial charge in [-0.3, -0.25) is 0 Å². The number of aliphatic imine (C=N–C) groups is 1. The van der Waals surface area contributed by atoms with Crippen LogP contribution in [0.1, 0.15) is 16.8 Å². The first-order valence-corrected chi connectivity index (χ1v) is 10.6. The first-order valence-electron chi connectivity index (χ1n) is 9.11. The van der Waals surface area contributed by atoms with Crippen molar-refractivity contribution in [1.82, 2.24) is 4.57 Å². The minimum absolute atomic E-state index is 0.129. The SMILES string of the molecule is Fc1cccc(Cl)c1Cn1cccc1C1=N[C@H](CSCc2ccccc2)CO1. The lowest BCUT2D eigenvalue weighted by molar-refractivity contribution is 0.323. The molecule has 3 nitrogen and oxygen atoms in total. The average molecular weight is 415 g/mol. The Morgan fingerprint density at radius 3 is 2.79 bits per heavy atom. The molecular weight excluding hydrogens is 395 g/mol. The van der Waals surface area contributed by atoms with E-state index in [1.54, 1.807) is 12.1 Å². The molecule has 0 saturated carbocycles. The molecule has 3 aromatic rings. The van der Waals surface area contributed by atoms with Crippen molar-refractivity contribution < 1.29 is 9.13 Å². The van der Waals surface area contributed by atoms with Crippen LogP contribution in [0.5, 0.6) is 0 Å². The minimum atomic E-state index is -0.309. The number of hydrogen-bond acceptors (Lipinski definition) is 3. The fourth-order valence-electron chi connectivity index (χ4n) is 3.13. The van der Waals surface area contributed by atoms with Crippen molar-refractivity contribution >= 4 is 29.3 Å². The van der Waals surface area contributed by atoms with E-state index >= 15 is 0 Å². The third-order valence-corrected chi connectivity index (χ3v) is 6.08. The van der Waals surface area contributed by atoms with Crippen LogP contribution >= 0.6 is 23.4 Å². The minimum Gasteiger partial charge on any atom is -0.474 e. The van der Waals surface area contributed by atoms with Crippen LogP contribution < -0.4 is 0 Å². The third kappa shape index (κ3) is 4.42. The second-order valence-electron chi connectivity index (χ2n) is 6.62. The molecule has 1 atom stereocenters. The number of aromatic nitrogens is 1. The van der Waals surface area contributed by atoms with Crippen molar-refractivity contribution in [2.24, 2.45) is 4.99 Å². The molecule has 0 aliphatic carbocycles. The Balaban J connectivity index is 1.41. The number of halogens is 2. The van der Waals surface area contributed by atoms with Gasteiger partial charge in [0.05, 0.1) is 12.6 Å². The van der Waals surface area contributed by atoms with Crippen molar-refractivity contribution in [3.63, 3.8) is 0 Å². The third-order valence-electron chi connectivity index (χ3n) is 4.57. The zero-order chi connectivity index (χ0) is 19.3. The number of rotatable bonds is 7. The number of ether oxygens (including phenoxy) is 1. The Hall–Kier alpha value is -2.24. The fourth-order valence-corrected chi connectivity index (χ4v) is 4.34. The Bertz CT molecular complexity index is 953. The lowest BCUT2D eigenvalue weighted by Gasteiger charge is -2.11. The number of nitrogens with zero attached hydrogens (tertiary/aromatic N) is 2. The molecule has 0 bridgehead atoms. The molecule has 0 N–H and O–H groups in total. The van der Waals surface area contributed by atoms with Crippen LogP contribution in [0.4, 0.5) is 4.39 Å². The van der Waals surface area contributed by atoms with Gasteiger partial charge >= 0.3 is 0 Å². The first-order chi connectivity index (χ1) is 13.7. The van der Waals surface area contributed by atoms with E-state index in [2.05, 4.69) is 24.3 Å². The molecule has 0 fully saturated rings. The fraction of sp³-hybridized carbons (Fsp3) is 0.227. The monoisotopic (exact) mass is 414 g/mol. The summed E-state index contributed by atoms with van der Waals surface area (Å²) in [4.78, 5) is 4.73. The van der Waals surface area contributed by atoms with Crippen LogP contribution in [0.2, 0.25) is 5.02 Å². The van der Waals surface area contributed by atoms with Crippen molar-refractivity contribution in [3.8, 4) is 0 Å². The molecule has 2 aromatic carbocycles. The zero-order valence-corrected chi connectivity index (χ0v) is 16.8. The quantitative estimate of drug-likeness (QED) is 0.517. The van der Waals surface area contributed by atoms with Crippen molar-refractivity contribution in [2.45, 2.75) is 18.3 Å². The maximum atomic E-state index is 14.1. The molecule has 1 aromatic heterocycles. The largest absolute Gasteiger partial charge is 0.474 e. The summed E-state index contributed by atoms with van der Waals surface area (Å²) in [5.74, 6) is 2.17. The van der Waals surface area contributed by atoms with E-state index in [0.717, 1.165) is 17.2 Å². The highest BCUT2D eigenvalue weighted by Crippen LogP contribution is 2.23. The zero-order valence-electron chi connectivity index (χ0n) is 15.2. The highest BCUT2D eigenvalue weighted by molar-refractivity contribution is 7.98. The molecule has 1 aliphatic heterocycles. The topological polar surface area (TPSA) is 26.5 Å². The molecule has 0 unspecified atom stereocenters. The maximum absolute atomic E-state index is 14.1. The van der Waals surface area contributed by atoms with Gasteiger partial charge in [0.25, 0.3) is 0 Å². The van der Waals surface area contributed by atoms with E-state index in [0.29, 0.717) is 29.6 Å². The first kappa shape index (κ1) is 19.1. The molecule has 0 amide bonds. The summed E-state index contributed by atoms with van der Waals surface area (Å²) >= 11 is 8.02. The summed E-state index contributed by atoms with van der Waals surface area (Å²) in [5, 5.41) is 0.420. The second-order valence-corrected chi connectivity index (χ2v) is 8.06. The van der Waals surface area contributed by atoms with Gasteiger partial charge < -0.3 is 9.30 Å². The molecule has 0 saturated heterocycles. The van der Waals surface area contributed by atoms with Gasteiger partial charge in [-0.1, -0.05) is 48.0 Å². The van der Waals surface area contributed by atoms with Gasteiger partial charge in [0.15, 0.2) is 0 Å². The van der Waals surface area contributed by atoms with Gasteiger partial charge in [-0.25, -0.2) is 9.38 Å². The highest BCUT2D eigenvalue weighted by Gasteiger charge is 2.22.